The number of benzene rings is 1. The van der Waals surface area contributed by atoms with Crippen molar-refractivity contribution in [3.8, 4) is 6.07 Å². The lowest BCUT2D eigenvalue weighted by molar-refractivity contribution is 0.682. The lowest BCUT2D eigenvalue weighted by Gasteiger charge is -2.09. The van der Waals surface area contributed by atoms with E-state index in [1.54, 1.807) is 0 Å². The predicted octanol–water partition coefficient (Wildman–Crippen LogP) is 2.33. The lowest BCUT2D eigenvalue weighted by atomic mass is 10.1. The molecule has 0 radical (unpaired) electrons. The van der Waals surface area contributed by atoms with Gasteiger partial charge in [-0.1, -0.05) is 30.3 Å². The van der Waals surface area contributed by atoms with E-state index < -0.39 is 10.8 Å². The molecule has 1 aromatic carbocycles. The second kappa shape index (κ2) is 7.66. The van der Waals surface area contributed by atoms with E-state index in [1.807, 2.05) is 44.2 Å². The first-order valence-corrected chi connectivity index (χ1v) is 8.47. The van der Waals surface area contributed by atoms with Gasteiger partial charge in [0.05, 0.1) is 5.69 Å². The van der Waals surface area contributed by atoms with Crippen molar-refractivity contribution in [2.75, 3.05) is 17.6 Å². The third-order valence-electron chi connectivity index (χ3n) is 3.36. The Morgan fingerprint density at radius 3 is 2.64 bits per heavy atom. The van der Waals surface area contributed by atoms with Gasteiger partial charge in [-0.05, 0) is 25.0 Å². The number of hydrogen-bond acceptors (Lipinski definition) is 5. The Morgan fingerprint density at radius 1 is 1.23 bits per heavy atom. The van der Waals surface area contributed by atoms with Crippen LogP contribution in [0.25, 0.3) is 0 Å². The van der Waals surface area contributed by atoms with E-state index in [1.165, 1.54) is 0 Å². The average molecular weight is 314 g/mol. The van der Waals surface area contributed by atoms with E-state index in [9.17, 15) is 9.47 Å². The van der Waals surface area contributed by atoms with Gasteiger partial charge < -0.3 is 5.32 Å². The van der Waals surface area contributed by atoms with Crippen LogP contribution in [0.4, 0.5) is 5.82 Å². The molecule has 0 saturated carbocycles. The second-order valence-electron chi connectivity index (χ2n) is 4.95. The summed E-state index contributed by atoms with van der Waals surface area (Å²) >= 11 is 0. The fraction of sp³-hybridized carbons (Fsp3) is 0.312. The smallest absolute Gasteiger partial charge is 0.166 e. The van der Waals surface area contributed by atoms with Gasteiger partial charge in [0.25, 0.3) is 0 Å². The number of nitriles is 1. The molecule has 6 heteroatoms. The topological polar surface area (TPSA) is 78.7 Å². The van der Waals surface area contributed by atoms with Crippen molar-refractivity contribution >= 4 is 16.6 Å². The largest absolute Gasteiger partial charge is 0.367 e. The molecule has 114 valence electrons. The van der Waals surface area contributed by atoms with E-state index in [-0.39, 0.29) is 0 Å². The minimum absolute atomic E-state index is 0.460. The molecule has 0 aliphatic carbocycles. The normalized spacial score (nSPS) is 11.7. The average Bonchev–Trinajstić information content (AvgIpc) is 2.52. The summed E-state index contributed by atoms with van der Waals surface area (Å²) in [6.45, 7) is 4.16. The highest BCUT2D eigenvalue weighted by Crippen LogP contribution is 2.16. The number of aryl methyl sites for hydroxylation is 1. The van der Waals surface area contributed by atoms with Crippen molar-refractivity contribution in [1.82, 2.24) is 10.2 Å². The molecule has 1 unspecified atom stereocenters. The zero-order valence-corrected chi connectivity index (χ0v) is 13.5. The minimum atomic E-state index is -0.957. The number of anilines is 1. The summed E-state index contributed by atoms with van der Waals surface area (Å²) in [6.07, 6.45) is 0. The van der Waals surface area contributed by atoms with Gasteiger partial charge in [0.2, 0.25) is 0 Å². The van der Waals surface area contributed by atoms with E-state index >= 15 is 0 Å². The van der Waals surface area contributed by atoms with Crippen molar-refractivity contribution in [3.63, 3.8) is 0 Å². The molecule has 2 aromatic rings. The molecule has 0 aliphatic rings. The lowest BCUT2D eigenvalue weighted by Crippen LogP contribution is -2.15. The van der Waals surface area contributed by atoms with Crippen LogP contribution in [0.15, 0.2) is 30.3 Å². The monoisotopic (exact) mass is 314 g/mol. The Morgan fingerprint density at radius 2 is 1.95 bits per heavy atom. The Balaban J connectivity index is 1.90. The van der Waals surface area contributed by atoms with Crippen LogP contribution in [0.2, 0.25) is 0 Å². The van der Waals surface area contributed by atoms with Crippen molar-refractivity contribution < 1.29 is 4.21 Å². The molecule has 0 bridgehead atoms. The maximum atomic E-state index is 12.0. The highest BCUT2D eigenvalue weighted by atomic mass is 32.2. The molecule has 0 aliphatic heterocycles. The van der Waals surface area contributed by atoms with Crippen LogP contribution < -0.4 is 5.32 Å². The number of nitrogens with one attached hydrogen (secondary N) is 1. The van der Waals surface area contributed by atoms with Crippen molar-refractivity contribution in [1.29, 1.82) is 5.26 Å². The molecule has 1 heterocycles. The number of aromatic nitrogens is 2. The number of nitrogens with zero attached hydrogens (tertiary/aromatic N) is 3. The zero-order valence-electron chi connectivity index (χ0n) is 12.7. The first-order chi connectivity index (χ1) is 10.6. The Bertz CT molecular complexity index is 710. The van der Waals surface area contributed by atoms with Gasteiger partial charge in [0.15, 0.2) is 5.82 Å². The summed E-state index contributed by atoms with van der Waals surface area (Å²) in [5, 5.41) is 20.3. The Kier molecular flexibility index (Phi) is 5.61. The minimum Gasteiger partial charge on any atom is -0.367 e. The van der Waals surface area contributed by atoms with Crippen LogP contribution >= 0.6 is 0 Å². The second-order valence-corrected chi connectivity index (χ2v) is 6.52. The van der Waals surface area contributed by atoms with Crippen LogP contribution in [0, 0.1) is 25.2 Å². The molecule has 0 spiro atoms. The summed E-state index contributed by atoms with van der Waals surface area (Å²) in [5.41, 5.74) is 3.13. The molecule has 0 saturated heterocycles. The van der Waals surface area contributed by atoms with Crippen LogP contribution in [-0.2, 0) is 16.6 Å². The summed E-state index contributed by atoms with van der Waals surface area (Å²) in [4.78, 5) is 0. The highest BCUT2D eigenvalue weighted by Gasteiger charge is 2.10. The Labute approximate surface area is 132 Å². The summed E-state index contributed by atoms with van der Waals surface area (Å²) in [6, 6.07) is 11.9. The molecule has 0 fully saturated rings. The predicted molar refractivity (Wildman–Crippen MR) is 87.9 cm³/mol. The van der Waals surface area contributed by atoms with Gasteiger partial charge in [-0.15, -0.1) is 5.10 Å². The summed E-state index contributed by atoms with van der Waals surface area (Å²) in [5.74, 6) is 1.49. The molecule has 1 aromatic heterocycles. The third-order valence-corrected chi connectivity index (χ3v) is 4.67. The zero-order chi connectivity index (χ0) is 15.9. The van der Waals surface area contributed by atoms with Crippen molar-refractivity contribution in [2.45, 2.75) is 19.6 Å². The van der Waals surface area contributed by atoms with Gasteiger partial charge in [-0.2, -0.15) is 10.4 Å². The first kappa shape index (κ1) is 16.1. The van der Waals surface area contributed by atoms with Crippen LogP contribution in [-0.4, -0.2) is 26.7 Å². The van der Waals surface area contributed by atoms with Crippen LogP contribution in [0.3, 0.4) is 0 Å². The quantitative estimate of drug-likeness (QED) is 0.885. The van der Waals surface area contributed by atoms with Gasteiger partial charge in [-0.3, -0.25) is 4.21 Å². The maximum absolute atomic E-state index is 12.0. The first-order valence-electron chi connectivity index (χ1n) is 6.98. The summed E-state index contributed by atoms with van der Waals surface area (Å²) in [7, 11) is -0.957. The fourth-order valence-electron chi connectivity index (χ4n) is 1.98. The highest BCUT2D eigenvalue weighted by molar-refractivity contribution is 7.84. The molecule has 2 rings (SSSR count). The maximum Gasteiger partial charge on any atom is 0.166 e. The SMILES string of the molecule is Cc1nnc(NCCS(=O)Cc2ccccc2)c(C#N)c1C. The third kappa shape index (κ3) is 4.12. The molecular formula is C16H18N4OS. The molecular weight excluding hydrogens is 296 g/mol. The molecule has 22 heavy (non-hydrogen) atoms. The van der Waals surface area contributed by atoms with Gasteiger partial charge in [-0.25, -0.2) is 0 Å². The van der Waals surface area contributed by atoms with Gasteiger partial charge >= 0.3 is 0 Å². The summed E-state index contributed by atoms with van der Waals surface area (Å²) < 4.78 is 12.0. The van der Waals surface area contributed by atoms with Crippen LogP contribution in [0.5, 0.6) is 0 Å². The molecule has 0 amide bonds. The molecule has 1 atom stereocenters. The standard InChI is InChI=1S/C16H18N4OS/c1-12-13(2)19-20-16(15(12)10-17)18-8-9-22(21)11-14-6-4-3-5-7-14/h3-7H,8-9,11H2,1-2H3,(H,18,20). The van der Waals surface area contributed by atoms with Crippen molar-refractivity contribution in [2.24, 2.45) is 0 Å². The van der Waals surface area contributed by atoms with Gasteiger partial charge in [0, 0.05) is 28.9 Å². The van der Waals surface area contributed by atoms with E-state index in [0.29, 0.717) is 29.4 Å². The van der Waals surface area contributed by atoms with Crippen molar-refractivity contribution in [3.05, 3.63) is 52.7 Å². The Hall–Kier alpha value is -2.26. The van der Waals surface area contributed by atoms with Gasteiger partial charge in [0.1, 0.15) is 11.6 Å². The van der Waals surface area contributed by atoms with E-state index in [4.69, 9.17) is 0 Å². The van der Waals surface area contributed by atoms with Crippen LogP contribution in [0.1, 0.15) is 22.4 Å². The fourth-order valence-corrected chi connectivity index (χ4v) is 3.02. The number of hydrogen-bond donors (Lipinski definition) is 1. The molecule has 1 N–H and O–H groups in total. The van der Waals surface area contributed by atoms with E-state index in [0.717, 1.165) is 16.8 Å². The molecule has 5 nitrogen and oxygen atoms in total. The number of rotatable bonds is 6. The van der Waals surface area contributed by atoms with E-state index in [2.05, 4.69) is 21.6 Å².